The number of halogens is 1. The fourth-order valence-electron chi connectivity index (χ4n) is 2.56. The molecule has 2 N–H and O–H groups in total. The van der Waals surface area contributed by atoms with E-state index in [1.54, 1.807) is 12.3 Å². The maximum absolute atomic E-state index is 6.02. The lowest BCUT2D eigenvalue weighted by Crippen LogP contribution is -2.17. The van der Waals surface area contributed by atoms with Crippen molar-refractivity contribution in [2.45, 2.75) is 39.7 Å². The number of nitrogens with two attached hydrogens (primary N) is 1. The van der Waals surface area contributed by atoms with Crippen LogP contribution in [0.3, 0.4) is 0 Å². The fraction of sp³-hybridized carbons (Fsp3) is 0.538. The summed E-state index contributed by atoms with van der Waals surface area (Å²) >= 11 is 5.92. The van der Waals surface area contributed by atoms with E-state index in [0.29, 0.717) is 22.9 Å². The van der Waals surface area contributed by atoms with Crippen molar-refractivity contribution in [3.8, 4) is 0 Å². The van der Waals surface area contributed by atoms with Gasteiger partial charge in [-0.05, 0) is 18.9 Å². The summed E-state index contributed by atoms with van der Waals surface area (Å²) in [6.07, 6.45) is 3.87. The molecule has 18 heavy (non-hydrogen) atoms. The molecule has 0 aliphatic rings. The lowest BCUT2D eigenvalue weighted by molar-refractivity contribution is 0.341. The van der Waals surface area contributed by atoms with Gasteiger partial charge in [0.2, 0.25) is 5.95 Å². The average molecular weight is 267 g/mol. The van der Waals surface area contributed by atoms with Gasteiger partial charge in [0.15, 0.2) is 5.65 Å². The third kappa shape index (κ3) is 2.17. The summed E-state index contributed by atoms with van der Waals surface area (Å²) < 4.78 is 2.02. The number of pyridine rings is 1. The monoisotopic (exact) mass is 266 g/mol. The molecular formula is C13H19ClN4. The molecule has 2 rings (SSSR count). The Hall–Kier alpha value is -1.29. The second-order valence-electron chi connectivity index (χ2n) is 4.65. The van der Waals surface area contributed by atoms with Gasteiger partial charge in [0.25, 0.3) is 0 Å². The third-order valence-electron chi connectivity index (χ3n) is 3.66. The van der Waals surface area contributed by atoms with E-state index in [2.05, 4.69) is 30.7 Å². The quantitative estimate of drug-likeness (QED) is 0.919. The molecule has 4 nitrogen and oxygen atoms in total. The van der Waals surface area contributed by atoms with Crippen LogP contribution in [-0.2, 0) is 0 Å². The summed E-state index contributed by atoms with van der Waals surface area (Å²) in [5, 5.41) is 0.585. The molecule has 2 aromatic rings. The van der Waals surface area contributed by atoms with Gasteiger partial charge in [-0.2, -0.15) is 0 Å². The van der Waals surface area contributed by atoms with Crippen molar-refractivity contribution in [3.05, 3.63) is 17.3 Å². The van der Waals surface area contributed by atoms with E-state index in [4.69, 9.17) is 17.3 Å². The van der Waals surface area contributed by atoms with Gasteiger partial charge in [0.05, 0.1) is 5.02 Å². The number of fused-ring (bicyclic) bond motifs is 1. The second kappa shape index (κ2) is 5.14. The van der Waals surface area contributed by atoms with Crippen LogP contribution in [0.4, 0.5) is 5.95 Å². The SMILES string of the molecule is CCC(CC)C(C)n1c(N)nc2cc(Cl)cnc21. The van der Waals surface area contributed by atoms with Crippen LogP contribution >= 0.6 is 11.6 Å². The minimum atomic E-state index is 0.290. The molecule has 0 radical (unpaired) electrons. The number of nitrogens with zero attached hydrogens (tertiary/aromatic N) is 3. The number of rotatable bonds is 4. The Balaban J connectivity index is 2.53. The van der Waals surface area contributed by atoms with Crippen LogP contribution in [0.25, 0.3) is 11.2 Å². The molecule has 0 aliphatic carbocycles. The first-order valence-electron chi connectivity index (χ1n) is 6.37. The third-order valence-corrected chi connectivity index (χ3v) is 3.87. The van der Waals surface area contributed by atoms with Crippen LogP contribution in [-0.4, -0.2) is 14.5 Å². The maximum Gasteiger partial charge on any atom is 0.202 e. The highest BCUT2D eigenvalue weighted by Gasteiger charge is 2.21. The molecule has 98 valence electrons. The van der Waals surface area contributed by atoms with Crippen LogP contribution in [0.1, 0.15) is 39.7 Å². The Kier molecular flexibility index (Phi) is 3.76. The smallest absolute Gasteiger partial charge is 0.202 e. The Morgan fingerprint density at radius 1 is 1.39 bits per heavy atom. The number of hydrogen-bond donors (Lipinski definition) is 1. The molecule has 1 unspecified atom stereocenters. The van der Waals surface area contributed by atoms with E-state index >= 15 is 0 Å². The van der Waals surface area contributed by atoms with Crippen LogP contribution in [0.15, 0.2) is 12.3 Å². The molecule has 0 saturated carbocycles. The van der Waals surface area contributed by atoms with Crippen molar-refractivity contribution < 1.29 is 0 Å². The van der Waals surface area contributed by atoms with Crippen LogP contribution in [0, 0.1) is 5.92 Å². The Morgan fingerprint density at radius 3 is 2.67 bits per heavy atom. The van der Waals surface area contributed by atoms with Gasteiger partial charge >= 0.3 is 0 Å². The molecule has 0 fully saturated rings. The molecule has 0 spiro atoms. The number of nitrogen functional groups attached to an aromatic ring is 1. The van der Waals surface area contributed by atoms with Crippen LogP contribution in [0.2, 0.25) is 5.02 Å². The number of hydrogen-bond acceptors (Lipinski definition) is 3. The van der Waals surface area contributed by atoms with Gasteiger partial charge in [0.1, 0.15) is 5.52 Å². The summed E-state index contributed by atoms with van der Waals surface area (Å²) in [7, 11) is 0. The molecule has 2 heterocycles. The van der Waals surface area contributed by atoms with Gasteiger partial charge in [-0.3, -0.25) is 4.57 Å². The molecular weight excluding hydrogens is 248 g/mol. The Bertz CT molecular complexity index is 545. The van der Waals surface area contributed by atoms with E-state index in [9.17, 15) is 0 Å². The van der Waals surface area contributed by atoms with E-state index in [0.717, 1.165) is 24.0 Å². The van der Waals surface area contributed by atoms with Crippen molar-refractivity contribution in [2.75, 3.05) is 5.73 Å². The molecule has 0 amide bonds. The van der Waals surface area contributed by atoms with Gasteiger partial charge in [-0.25, -0.2) is 9.97 Å². The van der Waals surface area contributed by atoms with E-state index in [-0.39, 0.29) is 0 Å². The molecule has 2 aromatic heterocycles. The molecule has 5 heteroatoms. The van der Waals surface area contributed by atoms with Crippen molar-refractivity contribution in [1.82, 2.24) is 14.5 Å². The zero-order chi connectivity index (χ0) is 13.3. The van der Waals surface area contributed by atoms with Crippen molar-refractivity contribution in [3.63, 3.8) is 0 Å². The molecule has 0 saturated heterocycles. The zero-order valence-corrected chi connectivity index (χ0v) is 11.8. The molecule has 1 atom stereocenters. The molecule has 0 bridgehead atoms. The summed E-state index contributed by atoms with van der Waals surface area (Å²) in [6.45, 7) is 6.57. The van der Waals surface area contributed by atoms with Gasteiger partial charge < -0.3 is 5.73 Å². The number of imidazole rings is 1. The standard InChI is InChI=1S/C13H19ClN4/c1-4-9(5-2)8(3)18-12-11(17-13(18)15)6-10(14)7-16-12/h6-9H,4-5H2,1-3H3,(H2,15,17). The normalized spacial score (nSPS) is 13.4. The topological polar surface area (TPSA) is 56.7 Å². The predicted octanol–water partition coefficient (Wildman–Crippen LogP) is 3.66. The highest BCUT2D eigenvalue weighted by molar-refractivity contribution is 6.31. The first-order valence-corrected chi connectivity index (χ1v) is 6.75. The lowest BCUT2D eigenvalue weighted by Gasteiger charge is -2.23. The Morgan fingerprint density at radius 2 is 2.06 bits per heavy atom. The van der Waals surface area contributed by atoms with E-state index < -0.39 is 0 Å². The van der Waals surface area contributed by atoms with Crippen LogP contribution < -0.4 is 5.73 Å². The van der Waals surface area contributed by atoms with Crippen molar-refractivity contribution >= 4 is 28.7 Å². The minimum absolute atomic E-state index is 0.290. The highest BCUT2D eigenvalue weighted by Crippen LogP contribution is 2.30. The minimum Gasteiger partial charge on any atom is -0.369 e. The summed E-state index contributed by atoms with van der Waals surface area (Å²) in [5.74, 6) is 1.08. The van der Waals surface area contributed by atoms with E-state index in [1.165, 1.54) is 0 Å². The first kappa shape index (κ1) is 13.1. The second-order valence-corrected chi connectivity index (χ2v) is 5.09. The fourth-order valence-corrected chi connectivity index (χ4v) is 2.71. The predicted molar refractivity (Wildman–Crippen MR) is 75.7 cm³/mol. The Labute approximate surface area is 112 Å². The van der Waals surface area contributed by atoms with Crippen molar-refractivity contribution in [1.29, 1.82) is 0 Å². The zero-order valence-electron chi connectivity index (χ0n) is 11.0. The number of aromatic nitrogens is 3. The molecule has 0 aliphatic heterocycles. The summed E-state index contributed by atoms with van der Waals surface area (Å²) in [4.78, 5) is 8.70. The first-order chi connectivity index (χ1) is 8.58. The van der Waals surface area contributed by atoms with Gasteiger partial charge in [0, 0.05) is 12.2 Å². The molecule has 0 aromatic carbocycles. The maximum atomic E-state index is 6.02. The van der Waals surface area contributed by atoms with Gasteiger partial charge in [-0.15, -0.1) is 0 Å². The average Bonchev–Trinajstić information content (AvgIpc) is 2.65. The number of anilines is 1. The van der Waals surface area contributed by atoms with Crippen molar-refractivity contribution in [2.24, 2.45) is 5.92 Å². The summed E-state index contributed by atoms with van der Waals surface area (Å²) in [6, 6.07) is 2.09. The van der Waals surface area contributed by atoms with Crippen LogP contribution in [0.5, 0.6) is 0 Å². The lowest BCUT2D eigenvalue weighted by atomic mass is 9.95. The largest absolute Gasteiger partial charge is 0.369 e. The van der Waals surface area contributed by atoms with E-state index in [1.807, 2.05) is 4.57 Å². The summed E-state index contributed by atoms with van der Waals surface area (Å²) in [5.41, 5.74) is 7.60. The highest BCUT2D eigenvalue weighted by atomic mass is 35.5. The van der Waals surface area contributed by atoms with Gasteiger partial charge in [-0.1, -0.05) is 38.3 Å².